The Morgan fingerprint density at radius 1 is 1.17 bits per heavy atom. The maximum absolute atomic E-state index is 12.1. The van der Waals surface area contributed by atoms with Crippen molar-refractivity contribution in [2.75, 3.05) is 5.32 Å². The number of nitrogens with one attached hydrogen (secondary N) is 2. The van der Waals surface area contributed by atoms with E-state index in [0.717, 1.165) is 29.7 Å². The third kappa shape index (κ3) is 4.89. The van der Waals surface area contributed by atoms with E-state index in [1.807, 2.05) is 43.5 Å². The first-order valence-electron chi connectivity index (χ1n) is 8.13. The first-order valence-corrected chi connectivity index (χ1v) is 9.01. The average molecular weight is 345 g/mol. The van der Waals surface area contributed by atoms with Gasteiger partial charge < -0.3 is 10.6 Å². The Hall–Kier alpha value is -2.21. The van der Waals surface area contributed by atoms with Gasteiger partial charge in [0.2, 0.25) is 11.8 Å². The minimum atomic E-state index is -0.0450. The Bertz CT molecular complexity index is 691. The fourth-order valence-electron chi connectivity index (χ4n) is 2.35. The van der Waals surface area contributed by atoms with E-state index in [2.05, 4.69) is 15.6 Å². The van der Waals surface area contributed by atoms with Crippen molar-refractivity contribution >= 4 is 28.3 Å². The van der Waals surface area contributed by atoms with Crippen LogP contribution in [0, 0.1) is 5.92 Å². The third-order valence-electron chi connectivity index (χ3n) is 3.88. The number of aromatic nitrogens is 1. The van der Waals surface area contributed by atoms with Crippen molar-refractivity contribution in [1.29, 1.82) is 0 Å². The second kappa shape index (κ2) is 8.59. The number of anilines is 1. The highest BCUT2D eigenvalue weighted by Gasteiger charge is 2.15. The molecule has 5 nitrogen and oxygen atoms in total. The molecule has 0 atom stereocenters. The molecule has 1 aromatic carbocycles. The normalized spacial score (nSPS) is 10.7. The number of nitrogens with zero attached hydrogens (tertiary/aromatic N) is 1. The Labute approximate surface area is 146 Å². The van der Waals surface area contributed by atoms with E-state index in [1.54, 1.807) is 0 Å². The summed E-state index contributed by atoms with van der Waals surface area (Å²) in [7, 11) is 0. The molecule has 6 heteroatoms. The molecule has 0 spiro atoms. The lowest BCUT2D eigenvalue weighted by atomic mass is 10.0. The van der Waals surface area contributed by atoms with Crippen LogP contribution in [0.3, 0.4) is 0 Å². The van der Waals surface area contributed by atoms with Crippen molar-refractivity contribution in [3.8, 4) is 11.3 Å². The summed E-state index contributed by atoms with van der Waals surface area (Å²) < 4.78 is 0. The molecule has 0 saturated carbocycles. The molecule has 2 aromatic rings. The van der Waals surface area contributed by atoms with Gasteiger partial charge in [-0.15, -0.1) is 11.3 Å². The van der Waals surface area contributed by atoms with Gasteiger partial charge in [-0.05, 0) is 18.4 Å². The largest absolute Gasteiger partial charge is 0.352 e. The number of rotatable bonds is 7. The van der Waals surface area contributed by atoms with Crippen LogP contribution in [-0.4, -0.2) is 16.8 Å². The van der Waals surface area contributed by atoms with E-state index >= 15 is 0 Å². The Morgan fingerprint density at radius 3 is 2.42 bits per heavy atom. The monoisotopic (exact) mass is 345 g/mol. The van der Waals surface area contributed by atoms with Gasteiger partial charge in [-0.1, -0.05) is 38.1 Å². The van der Waals surface area contributed by atoms with Gasteiger partial charge in [-0.25, -0.2) is 4.98 Å². The fourth-order valence-corrected chi connectivity index (χ4v) is 3.07. The summed E-state index contributed by atoms with van der Waals surface area (Å²) in [6.07, 6.45) is 1.66. The van der Waals surface area contributed by atoms with Crippen LogP contribution in [-0.2, 0) is 16.1 Å². The number of carbonyl (C=O) groups is 2. The lowest BCUT2D eigenvalue weighted by Gasteiger charge is -2.10. The predicted octanol–water partition coefficient (Wildman–Crippen LogP) is 3.82. The molecule has 0 fully saturated rings. The molecule has 0 radical (unpaired) electrons. The van der Waals surface area contributed by atoms with Gasteiger partial charge in [-0.2, -0.15) is 0 Å². The van der Waals surface area contributed by atoms with Crippen molar-refractivity contribution in [1.82, 2.24) is 10.3 Å². The van der Waals surface area contributed by atoms with Gasteiger partial charge in [0.25, 0.3) is 0 Å². The van der Waals surface area contributed by atoms with Gasteiger partial charge >= 0.3 is 0 Å². The van der Waals surface area contributed by atoms with Crippen molar-refractivity contribution in [2.45, 2.75) is 40.2 Å². The maximum Gasteiger partial charge on any atom is 0.229 e. The summed E-state index contributed by atoms with van der Waals surface area (Å²) in [6, 6.07) is 7.87. The lowest BCUT2D eigenvalue weighted by molar-refractivity contribution is -0.120. The molecule has 2 rings (SSSR count). The zero-order chi connectivity index (χ0) is 17.5. The van der Waals surface area contributed by atoms with Crippen molar-refractivity contribution < 1.29 is 9.59 Å². The van der Waals surface area contributed by atoms with E-state index in [0.29, 0.717) is 11.7 Å². The van der Waals surface area contributed by atoms with Crippen molar-refractivity contribution in [2.24, 2.45) is 5.92 Å². The zero-order valence-corrected chi connectivity index (χ0v) is 15.1. The van der Waals surface area contributed by atoms with Crippen molar-refractivity contribution in [3.63, 3.8) is 0 Å². The van der Waals surface area contributed by atoms with Gasteiger partial charge in [0.1, 0.15) is 0 Å². The van der Waals surface area contributed by atoms with Crippen LogP contribution in [0.15, 0.2) is 29.6 Å². The van der Waals surface area contributed by atoms with E-state index in [4.69, 9.17) is 0 Å². The molecule has 0 aliphatic rings. The quantitative estimate of drug-likeness (QED) is 0.801. The number of hydrogen-bond acceptors (Lipinski definition) is 4. The van der Waals surface area contributed by atoms with Crippen LogP contribution in [0.25, 0.3) is 11.3 Å². The minimum absolute atomic E-state index is 0.0328. The summed E-state index contributed by atoms with van der Waals surface area (Å²) >= 11 is 1.43. The molecular formula is C18H23N3O2S. The molecule has 1 aromatic heterocycles. The highest BCUT2D eigenvalue weighted by atomic mass is 32.1. The average Bonchev–Trinajstić information content (AvgIpc) is 3.03. The van der Waals surface area contributed by atoms with Crippen LogP contribution >= 0.6 is 11.3 Å². The van der Waals surface area contributed by atoms with Crippen molar-refractivity contribution in [3.05, 3.63) is 35.2 Å². The smallest absolute Gasteiger partial charge is 0.229 e. The molecule has 24 heavy (non-hydrogen) atoms. The predicted molar refractivity (Wildman–Crippen MR) is 97.8 cm³/mol. The molecule has 0 aliphatic heterocycles. The van der Waals surface area contributed by atoms with Gasteiger partial charge in [0.05, 0.1) is 5.69 Å². The summed E-state index contributed by atoms with van der Waals surface area (Å²) in [5, 5.41) is 8.23. The summed E-state index contributed by atoms with van der Waals surface area (Å²) in [4.78, 5) is 27.5. The second-order valence-electron chi connectivity index (χ2n) is 5.65. The number of thiazole rings is 1. The third-order valence-corrected chi connectivity index (χ3v) is 4.64. The Kier molecular flexibility index (Phi) is 6.49. The second-order valence-corrected chi connectivity index (χ2v) is 6.51. The topological polar surface area (TPSA) is 71.1 Å². The molecule has 0 bridgehead atoms. The van der Waals surface area contributed by atoms with E-state index in [-0.39, 0.29) is 17.7 Å². The number of hydrogen-bond donors (Lipinski definition) is 2. The summed E-state index contributed by atoms with van der Waals surface area (Å²) in [5.74, 6) is 0.0217. The molecule has 0 saturated heterocycles. The number of carbonyl (C=O) groups excluding carboxylic acids is 2. The molecule has 128 valence electrons. The summed E-state index contributed by atoms with van der Waals surface area (Å²) in [6.45, 7) is 6.05. The van der Waals surface area contributed by atoms with Crippen LogP contribution < -0.4 is 10.6 Å². The molecule has 1 heterocycles. The molecule has 0 unspecified atom stereocenters. The number of amides is 2. The summed E-state index contributed by atoms with van der Waals surface area (Å²) in [5.41, 5.74) is 2.86. The molecule has 0 aliphatic carbocycles. The lowest BCUT2D eigenvalue weighted by Crippen LogP contribution is -2.21. The minimum Gasteiger partial charge on any atom is -0.352 e. The molecule has 2 amide bonds. The maximum atomic E-state index is 12.1. The Morgan fingerprint density at radius 2 is 1.83 bits per heavy atom. The van der Waals surface area contributed by atoms with Gasteiger partial charge in [0, 0.05) is 30.3 Å². The first-order chi connectivity index (χ1) is 11.5. The molecule has 2 N–H and O–H groups in total. The van der Waals surface area contributed by atoms with Crippen LogP contribution in [0.5, 0.6) is 0 Å². The van der Waals surface area contributed by atoms with Crippen LogP contribution in [0.1, 0.15) is 39.2 Å². The van der Waals surface area contributed by atoms with E-state index in [1.165, 1.54) is 18.3 Å². The highest BCUT2D eigenvalue weighted by Crippen LogP contribution is 2.26. The van der Waals surface area contributed by atoms with Crippen LogP contribution in [0.2, 0.25) is 0 Å². The SMILES string of the molecule is CCC(CC)C(=O)Nc1nc(-c2ccc(CNC(C)=O)cc2)cs1. The highest BCUT2D eigenvalue weighted by molar-refractivity contribution is 7.14. The van der Waals surface area contributed by atoms with E-state index in [9.17, 15) is 9.59 Å². The van der Waals surface area contributed by atoms with E-state index < -0.39 is 0 Å². The first kappa shape index (κ1) is 18.1. The fraction of sp³-hybridized carbons (Fsp3) is 0.389. The van der Waals surface area contributed by atoms with Gasteiger partial charge in [0.15, 0.2) is 5.13 Å². The molecular weight excluding hydrogens is 322 g/mol. The van der Waals surface area contributed by atoms with Gasteiger partial charge in [-0.3, -0.25) is 9.59 Å². The van der Waals surface area contributed by atoms with Crippen LogP contribution in [0.4, 0.5) is 5.13 Å². The number of benzene rings is 1. The Balaban J connectivity index is 2.02. The standard InChI is InChI=1S/C18H23N3O2S/c1-4-14(5-2)17(23)21-18-20-16(11-24-18)15-8-6-13(7-9-15)10-19-12(3)22/h6-9,11,14H,4-5,10H2,1-3H3,(H,19,22)(H,20,21,23). The zero-order valence-electron chi connectivity index (χ0n) is 14.3.